The normalized spacial score (nSPS) is 22.6. The van der Waals surface area contributed by atoms with Crippen LogP contribution in [0.3, 0.4) is 0 Å². The van der Waals surface area contributed by atoms with Gasteiger partial charge in [-0.3, -0.25) is 15.4 Å². The van der Waals surface area contributed by atoms with Crippen LogP contribution >= 0.6 is 11.3 Å². The highest BCUT2D eigenvalue weighted by Gasteiger charge is 2.40. The van der Waals surface area contributed by atoms with Gasteiger partial charge in [0.1, 0.15) is 5.82 Å². The van der Waals surface area contributed by atoms with Gasteiger partial charge in [0.25, 0.3) is 0 Å². The molecular weight excluding hydrogens is 412 g/mol. The second kappa shape index (κ2) is 8.52. The Kier molecular flexibility index (Phi) is 5.44. The number of nitrogens with zero attached hydrogens (tertiary/aromatic N) is 2. The van der Waals surface area contributed by atoms with Crippen molar-refractivity contribution in [2.75, 3.05) is 5.32 Å². The lowest BCUT2D eigenvalue weighted by atomic mass is 10.0. The Morgan fingerprint density at radius 3 is 2.87 bits per heavy atom. The number of carbonyl (C=O) groups is 2. The molecule has 9 heteroatoms. The predicted molar refractivity (Wildman–Crippen MR) is 119 cm³/mol. The summed E-state index contributed by atoms with van der Waals surface area (Å²) >= 11 is 1.59. The van der Waals surface area contributed by atoms with Crippen molar-refractivity contribution in [2.24, 2.45) is 5.92 Å². The summed E-state index contributed by atoms with van der Waals surface area (Å²) in [6.07, 6.45) is 2.39. The van der Waals surface area contributed by atoms with Crippen LogP contribution in [-0.4, -0.2) is 27.8 Å². The first-order chi connectivity index (χ1) is 15.2. The van der Waals surface area contributed by atoms with E-state index in [0.29, 0.717) is 12.4 Å². The van der Waals surface area contributed by atoms with E-state index in [9.17, 15) is 9.59 Å². The Balaban J connectivity index is 1.39. The van der Waals surface area contributed by atoms with Gasteiger partial charge < -0.3 is 10.6 Å². The number of urea groups is 1. The third-order valence-electron chi connectivity index (χ3n) is 5.80. The zero-order valence-corrected chi connectivity index (χ0v) is 17.7. The molecule has 1 aromatic carbocycles. The minimum atomic E-state index is -0.517. The zero-order valence-electron chi connectivity index (χ0n) is 16.9. The lowest BCUT2D eigenvalue weighted by Gasteiger charge is -2.34. The van der Waals surface area contributed by atoms with E-state index in [1.54, 1.807) is 16.0 Å². The highest BCUT2D eigenvalue weighted by molar-refractivity contribution is 7.09. The fraction of sp³-hybridized carbons (Fsp3) is 0.318. The lowest BCUT2D eigenvalue weighted by molar-refractivity contribution is -0.130. The Bertz CT molecular complexity index is 1070. The minimum absolute atomic E-state index is 0.00547. The van der Waals surface area contributed by atoms with Crippen LogP contribution in [-0.2, 0) is 11.3 Å². The van der Waals surface area contributed by atoms with Crippen LogP contribution in [0, 0.1) is 5.92 Å². The highest BCUT2D eigenvalue weighted by atomic mass is 32.1. The monoisotopic (exact) mass is 436 g/mol. The van der Waals surface area contributed by atoms with Crippen molar-refractivity contribution in [3.63, 3.8) is 0 Å². The van der Waals surface area contributed by atoms with Crippen molar-refractivity contribution in [1.82, 2.24) is 25.7 Å². The van der Waals surface area contributed by atoms with E-state index >= 15 is 0 Å². The van der Waals surface area contributed by atoms with E-state index in [1.165, 1.54) is 0 Å². The topological polar surface area (TPSA) is 100 Å². The van der Waals surface area contributed by atoms with Crippen molar-refractivity contribution in [3.05, 3.63) is 58.8 Å². The van der Waals surface area contributed by atoms with E-state index < -0.39 is 6.29 Å². The number of fused-ring (bicyclic) bond motifs is 1. The molecule has 1 saturated carbocycles. The van der Waals surface area contributed by atoms with Crippen LogP contribution in [0.4, 0.5) is 10.6 Å². The van der Waals surface area contributed by atoms with E-state index in [1.807, 2.05) is 53.9 Å². The summed E-state index contributed by atoms with van der Waals surface area (Å²) in [5.41, 5.74) is 1.66. The molecule has 1 aliphatic carbocycles. The fourth-order valence-electron chi connectivity index (χ4n) is 4.27. The molecule has 3 unspecified atom stereocenters. The van der Waals surface area contributed by atoms with Crippen LogP contribution in [0.15, 0.2) is 53.9 Å². The van der Waals surface area contributed by atoms with E-state index in [-0.39, 0.29) is 23.9 Å². The van der Waals surface area contributed by atoms with Crippen molar-refractivity contribution in [3.8, 4) is 11.3 Å². The number of rotatable bonds is 5. The summed E-state index contributed by atoms with van der Waals surface area (Å²) in [5.74, 6) is 0.554. The number of aromatic nitrogens is 2. The highest BCUT2D eigenvalue weighted by Crippen LogP contribution is 2.31. The molecule has 5 rings (SSSR count). The standard InChI is InChI=1S/C22H24N6O2S/c29-20-16-9-4-10-17(16)24-21(26-20)28-19(12-18(27-28)14-6-2-1-3-7-14)25-22(30)23-13-15-8-5-11-31-15/h1-3,5-8,11-12,16-17,21,24H,4,9-10,13H2,(H,26,29)(H2,23,25,30). The number of benzene rings is 1. The molecule has 8 nitrogen and oxygen atoms in total. The first-order valence-electron chi connectivity index (χ1n) is 10.5. The van der Waals surface area contributed by atoms with Gasteiger partial charge in [-0.25, -0.2) is 9.48 Å². The van der Waals surface area contributed by atoms with Gasteiger partial charge in [-0.2, -0.15) is 5.10 Å². The number of thiophene rings is 1. The summed E-state index contributed by atoms with van der Waals surface area (Å²) in [5, 5.41) is 19.0. The molecule has 1 aliphatic heterocycles. The molecule has 4 N–H and O–H groups in total. The Morgan fingerprint density at radius 1 is 1.19 bits per heavy atom. The maximum atomic E-state index is 12.6. The maximum absolute atomic E-state index is 12.6. The molecular formula is C22H24N6O2S. The summed E-state index contributed by atoms with van der Waals surface area (Å²) in [6.45, 7) is 0.450. The maximum Gasteiger partial charge on any atom is 0.320 e. The molecule has 2 aliphatic rings. The smallest absolute Gasteiger partial charge is 0.320 e. The molecule has 0 spiro atoms. The van der Waals surface area contributed by atoms with Gasteiger partial charge in [-0.1, -0.05) is 42.8 Å². The van der Waals surface area contributed by atoms with Crippen LogP contribution < -0.4 is 21.3 Å². The molecule has 160 valence electrons. The summed E-state index contributed by atoms with van der Waals surface area (Å²) in [4.78, 5) is 26.3. The van der Waals surface area contributed by atoms with Crippen molar-refractivity contribution >= 4 is 29.1 Å². The molecule has 31 heavy (non-hydrogen) atoms. The van der Waals surface area contributed by atoms with Gasteiger partial charge in [0.15, 0.2) is 6.29 Å². The summed E-state index contributed by atoms with van der Waals surface area (Å²) in [7, 11) is 0. The second-order valence-electron chi connectivity index (χ2n) is 7.83. The number of hydrogen-bond donors (Lipinski definition) is 4. The van der Waals surface area contributed by atoms with Gasteiger partial charge in [0, 0.05) is 22.5 Å². The first-order valence-corrected chi connectivity index (χ1v) is 11.3. The number of hydrogen-bond acceptors (Lipinski definition) is 5. The van der Waals surface area contributed by atoms with E-state index in [4.69, 9.17) is 5.10 Å². The number of nitrogens with one attached hydrogen (secondary N) is 4. The average Bonchev–Trinajstić information content (AvgIpc) is 3.53. The molecule has 3 amide bonds. The lowest BCUT2D eigenvalue weighted by Crippen LogP contribution is -2.57. The Labute approximate surface area is 184 Å². The Morgan fingerprint density at radius 2 is 2.06 bits per heavy atom. The van der Waals surface area contributed by atoms with Crippen molar-refractivity contribution in [1.29, 1.82) is 0 Å². The largest absolute Gasteiger partial charge is 0.333 e. The summed E-state index contributed by atoms with van der Waals surface area (Å²) in [6, 6.07) is 15.3. The van der Waals surface area contributed by atoms with Gasteiger partial charge >= 0.3 is 6.03 Å². The molecule has 3 heterocycles. The SMILES string of the molecule is O=C(NCc1cccs1)Nc1cc(-c2ccccc2)nn1C1NC(=O)C2CCCC2N1. The zero-order chi connectivity index (χ0) is 21.2. The molecule has 3 atom stereocenters. The van der Waals surface area contributed by atoms with Gasteiger partial charge in [0.05, 0.1) is 18.2 Å². The van der Waals surface area contributed by atoms with Crippen molar-refractivity contribution < 1.29 is 9.59 Å². The van der Waals surface area contributed by atoms with E-state index in [2.05, 4.69) is 21.3 Å². The quantitative estimate of drug-likeness (QED) is 0.493. The predicted octanol–water partition coefficient (Wildman–Crippen LogP) is 3.28. The fourth-order valence-corrected chi connectivity index (χ4v) is 4.91. The van der Waals surface area contributed by atoms with Crippen LogP contribution in [0.25, 0.3) is 11.3 Å². The van der Waals surface area contributed by atoms with Gasteiger partial charge in [-0.15, -0.1) is 11.3 Å². The van der Waals surface area contributed by atoms with Gasteiger partial charge in [-0.05, 0) is 24.3 Å². The van der Waals surface area contributed by atoms with Crippen LogP contribution in [0.1, 0.15) is 30.4 Å². The van der Waals surface area contributed by atoms with Crippen LogP contribution in [0.5, 0.6) is 0 Å². The second-order valence-corrected chi connectivity index (χ2v) is 8.87. The Hall–Kier alpha value is -3.17. The molecule has 2 aromatic heterocycles. The average molecular weight is 437 g/mol. The van der Waals surface area contributed by atoms with Crippen LogP contribution in [0.2, 0.25) is 0 Å². The third-order valence-corrected chi connectivity index (χ3v) is 6.67. The first kappa shape index (κ1) is 19.8. The van der Waals surface area contributed by atoms with Gasteiger partial charge in [0.2, 0.25) is 5.91 Å². The molecule has 3 aromatic rings. The molecule has 0 bridgehead atoms. The van der Waals surface area contributed by atoms with Crippen molar-refractivity contribution in [2.45, 2.75) is 38.1 Å². The molecule has 0 radical (unpaired) electrons. The molecule has 1 saturated heterocycles. The summed E-state index contributed by atoms with van der Waals surface area (Å²) < 4.78 is 1.65. The van der Waals surface area contributed by atoms with E-state index in [0.717, 1.165) is 35.4 Å². The molecule has 2 fully saturated rings. The minimum Gasteiger partial charge on any atom is -0.333 e. The number of carbonyl (C=O) groups excluding carboxylic acids is 2. The number of amides is 3. The third kappa shape index (κ3) is 4.19. The number of anilines is 1.